The molecular formula is C24H33NO6. The molecule has 1 aromatic heterocycles. The molecular weight excluding hydrogens is 398 g/mol. The Hall–Kier alpha value is -2.83. The summed E-state index contributed by atoms with van der Waals surface area (Å²) in [6, 6.07) is 4.15. The lowest BCUT2D eigenvalue weighted by Crippen LogP contribution is -2.46. The van der Waals surface area contributed by atoms with Crippen LogP contribution in [0.15, 0.2) is 27.4 Å². The minimum absolute atomic E-state index is 0.199. The monoisotopic (exact) mass is 431 g/mol. The predicted octanol–water partition coefficient (Wildman–Crippen LogP) is 4.22. The number of aryl methyl sites for hydroxylation is 1. The van der Waals surface area contributed by atoms with Crippen LogP contribution in [0.4, 0.5) is 0 Å². The first kappa shape index (κ1) is 24.4. The number of carboxylic acid groups (broad SMARTS) is 1. The average molecular weight is 432 g/mol. The third-order valence-corrected chi connectivity index (χ3v) is 5.70. The summed E-state index contributed by atoms with van der Waals surface area (Å²) in [6.45, 7) is 7.37. The Morgan fingerprint density at radius 1 is 1.19 bits per heavy atom. The van der Waals surface area contributed by atoms with Crippen LogP contribution in [0.2, 0.25) is 0 Å². The number of carbonyl (C=O) groups is 2. The van der Waals surface area contributed by atoms with Crippen molar-refractivity contribution in [3.63, 3.8) is 0 Å². The Morgan fingerprint density at radius 3 is 2.58 bits per heavy atom. The van der Waals surface area contributed by atoms with Crippen LogP contribution >= 0.6 is 0 Å². The number of unbranched alkanes of at least 4 members (excludes halogenated alkanes) is 3. The van der Waals surface area contributed by atoms with E-state index in [-0.39, 0.29) is 18.2 Å². The van der Waals surface area contributed by atoms with E-state index in [1.807, 2.05) is 19.9 Å². The molecule has 0 aliphatic heterocycles. The van der Waals surface area contributed by atoms with Crippen molar-refractivity contribution in [2.45, 2.75) is 72.3 Å². The number of carbonyl (C=O) groups excluding carboxylic acids is 1. The Balaban J connectivity index is 2.08. The van der Waals surface area contributed by atoms with Gasteiger partial charge in [-0.15, -0.1) is 0 Å². The molecule has 2 rings (SSSR count). The fraction of sp³-hybridized carbons (Fsp3) is 0.542. The summed E-state index contributed by atoms with van der Waals surface area (Å²) in [5.41, 5.74) is 1.68. The summed E-state index contributed by atoms with van der Waals surface area (Å²) in [4.78, 5) is 35.9. The lowest BCUT2D eigenvalue weighted by atomic mass is 9.99. The molecule has 7 heteroatoms. The van der Waals surface area contributed by atoms with Crippen molar-refractivity contribution >= 4 is 22.8 Å². The van der Waals surface area contributed by atoms with E-state index in [9.17, 15) is 19.5 Å². The molecule has 0 saturated heterocycles. The van der Waals surface area contributed by atoms with Gasteiger partial charge in [-0.2, -0.15) is 0 Å². The van der Waals surface area contributed by atoms with Crippen LogP contribution in [0, 0.1) is 12.8 Å². The summed E-state index contributed by atoms with van der Waals surface area (Å²) in [7, 11) is 0. The molecule has 0 unspecified atom stereocenters. The van der Waals surface area contributed by atoms with Gasteiger partial charge in [0, 0.05) is 17.0 Å². The van der Waals surface area contributed by atoms with Crippen LogP contribution < -0.4 is 15.7 Å². The van der Waals surface area contributed by atoms with Crippen LogP contribution in [0.1, 0.15) is 64.0 Å². The van der Waals surface area contributed by atoms with Crippen LogP contribution in [0.3, 0.4) is 0 Å². The molecule has 2 aromatic rings. The topological polar surface area (TPSA) is 106 Å². The number of hydrogen-bond donors (Lipinski definition) is 2. The minimum Gasteiger partial charge on any atom is -0.484 e. The SMILES string of the molecule is CCCCCCc1c(C)c2ccc(OCC(=O)N[C@H](C(=O)O)[C@H](C)CC)cc2oc1=O. The van der Waals surface area contributed by atoms with Crippen molar-refractivity contribution in [3.05, 3.63) is 39.7 Å². The largest absolute Gasteiger partial charge is 0.484 e. The Kier molecular flexibility index (Phi) is 9.09. The van der Waals surface area contributed by atoms with Crippen LogP contribution in [-0.2, 0) is 16.0 Å². The van der Waals surface area contributed by atoms with E-state index in [1.165, 1.54) is 0 Å². The first-order chi connectivity index (χ1) is 14.8. The molecule has 170 valence electrons. The number of ether oxygens (including phenoxy) is 1. The number of aliphatic carboxylic acids is 1. The molecule has 2 atom stereocenters. The highest BCUT2D eigenvalue weighted by Gasteiger charge is 2.25. The third-order valence-electron chi connectivity index (χ3n) is 5.70. The molecule has 1 heterocycles. The Labute approximate surface area is 182 Å². The quantitative estimate of drug-likeness (QED) is 0.385. The second-order valence-electron chi connectivity index (χ2n) is 8.02. The van der Waals surface area contributed by atoms with Gasteiger partial charge in [-0.25, -0.2) is 9.59 Å². The molecule has 0 aliphatic carbocycles. The van der Waals surface area contributed by atoms with E-state index in [1.54, 1.807) is 19.1 Å². The van der Waals surface area contributed by atoms with Crippen molar-refractivity contribution in [2.75, 3.05) is 6.61 Å². The number of fused-ring (bicyclic) bond motifs is 1. The van der Waals surface area contributed by atoms with Gasteiger partial charge in [-0.1, -0.05) is 46.5 Å². The summed E-state index contributed by atoms with van der Waals surface area (Å²) in [6.07, 6.45) is 5.65. The lowest BCUT2D eigenvalue weighted by molar-refractivity contribution is -0.143. The molecule has 0 aliphatic rings. The average Bonchev–Trinajstić information content (AvgIpc) is 2.74. The standard InChI is InChI=1S/C24H33NO6/c1-5-7-8-9-10-19-16(4)18-12-11-17(13-20(18)31-24(19)29)30-14-21(26)25-22(23(27)28)15(3)6-2/h11-13,15,22H,5-10,14H2,1-4H3,(H,25,26)(H,27,28)/t15-,22+/m1/s1. The fourth-order valence-electron chi connectivity index (χ4n) is 3.53. The van der Waals surface area contributed by atoms with Gasteiger partial charge in [0.1, 0.15) is 17.4 Å². The van der Waals surface area contributed by atoms with Gasteiger partial charge in [0.05, 0.1) is 0 Å². The Morgan fingerprint density at radius 2 is 1.94 bits per heavy atom. The second kappa shape index (κ2) is 11.5. The maximum atomic E-state index is 12.4. The normalized spacial score (nSPS) is 13.0. The highest BCUT2D eigenvalue weighted by atomic mass is 16.5. The van der Waals surface area contributed by atoms with Crippen molar-refractivity contribution < 1.29 is 23.8 Å². The first-order valence-electron chi connectivity index (χ1n) is 11.0. The fourth-order valence-corrected chi connectivity index (χ4v) is 3.53. The first-order valence-corrected chi connectivity index (χ1v) is 11.0. The van der Waals surface area contributed by atoms with E-state index in [2.05, 4.69) is 12.2 Å². The molecule has 0 bridgehead atoms. The van der Waals surface area contributed by atoms with Crippen molar-refractivity contribution in [2.24, 2.45) is 5.92 Å². The zero-order valence-electron chi connectivity index (χ0n) is 18.8. The highest BCUT2D eigenvalue weighted by Crippen LogP contribution is 2.25. The van der Waals surface area contributed by atoms with Gasteiger partial charge in [-0.05, 0) is 43.4 Å². The second-order valence-corrected chi connectivity index (χ2v) is 8.02. The number of rotatable bonds is 12. The minimum atomic E-state index is -1.07. The number of hydrogen-bond acceptors (Lipinski definition) is 5. The Bertz CT molecular complexity index is 964. The third kappa shape index (κ3) is 6.57. The molecule has 0 radical (unpaired) electrons. The summed E-state index contributed by atoms with van der Waals surface area (Å²) in [5.74, 6) is -1.42. The molecule has 7 nitrogen and oxygen atoms in total. The zero-order chi connectivity index (χ0) is 23.0. The van der Waals surface area contributed by atoms with Gasteiger partial charge < -0.3 is 19.6 Å². The molecule has 0 fully saturated rings. The molecule has 31 heavy (non-hydrogen) atoms. The molecule has 2 N–H and O–H groups in total. The van der Waals surface area contributed by atoms with Crippen molar-refractivity contribution in [1.82, 2.24) is 5.32 Å². The summed E-state index contributed by atoms with van der Waals surface area (Å²) >= 11 is 0. The maximum absolute atomic E-state index is 12.4. The number of amides is 1. The molecule has 0 saturated carbocycles. The van der Waals surface area contributed by atoms with Gasteiger partial charge in [0.25, 0.3) is 5.91 Å². The zero-order valence-corrected chi connectivity index (χ0v) is 18.8. The van der Waals surface area contributed by atoms with E-state index < -0.39 is 17.9 Å². The van der Waals surface area contributed by atoms with Crippen molar-refractivity contribution in [3.8, 4) is 5.75 Å². The number of nitrogens with one attached hydrogen (secondary N) is 1. The van der Waals surface area contributed by atoms with E-state index >= 15 is 0 Å². The van der Waals surface area contributed by atoms with E-state index in [4.69, 9.17) is 9.15 Å². The number of benzene rings is 1. The summed E-state index contributed by atoms with van der Waals surface area (Å²) in [5, 5.41) is 12.6. The maximum Gasteiger partial charge on any atom is 0.339 e. The van der Waals surface area contributed by atoms with Crippen molar-refractivity contribution in [1.29, 1.82) is 0 Å². The van der Waals surface area contributed by atoms with Crippen LogP contribution in [0.5, 0.6) is 5.75 Å². The van der Waals surface area contributed by atoms with Crippen LogP contribution in [0.25, 0.3) is 11.0 Å². The molecule has 1 aromatic carbocycles. The molecule has 1 amide bonds. The molecule has 0 spiro atoms. The number of carboxylic acids is 1. The predicted molar refractivity (Wildman–Crippen MR) is 120 cm³/mol. The van der Waals surface area contributed by atoms with Gasteiger partial charge >= 0.3 is 11.6 Å². The highest BCUT2D eigenvalue weighted by molar-refractivity contribution is 5.85. The smallest absolute Gasteiger partial charge is 0.339 e. The van der Waals surface area contributed by atoms with Gasteiger partial charge in [0.15, 0.2) is 6.61 Å². The summed E-state index contributed by atoms with van der Waals surface area (Å²) < 4.78 is 11.0. The lowest BCUT2D eigenvalue weighted by Gasteiger charge is -2.20. The van der Waals surface area contributed by atoms with E-state index in [0.29, 0.717) is 29.7 Å². The van der Waals surface area contributed by atoms with Gasteiger partial charge in [0.2, 0.25) is 0 Å². The van der Waals surface area contributed by atoms with Crippen LogP contribution in [-0.4, -0.2) is 29.6 Å². The van der Waals surface area contributed by atoms with E-state index in [0.717, 1.165) is 36.6 Å². The van der Waals surface area contributed by atoms with Gasteiger partial charge in [-0.3, -0.25) is 4.79 Å².